The van der Waals surface area contributed by atoms with E-state index in [0.29, 0.717) is 19.4 Å². The van der Waals surface area contributed by atoms with Gasteiger partial charge in [-0.2, -0.15) is 0 Å². The van der Waals surface area contributed by atoms with Crippen molar-refractivity contribution < 1.29 is 61.9 Å². The van der Waals surface area contributed by atoms with Crippen LogP contribution in [0.5, 0.6) is 11.5 Å². The molecule has 0 amide bonds. The summed E-state index contributed by atoms with van der Waals surface area (Å²) in [6, 6.07) is 11.6. The summed E-state index contributed by atoms with van der Waals surface area (Å²) < 4.78 is 42.6. The molecular weight excluding hydrogens is 592 g/mol. The van der Waals surface area contributed by atoms with E-state index in [2.05, 4.69) is 0 Å². The summed E-state index contributed by atoms with van der Waals surface area (Å²) in [6.07, 6.45) is 0.318. The lowest BCUT2D eigenvalue weighted by Gasteiger charge is -2.17. The van der Waals surface area contributed by atoms with Crippen LogP contribution in [0.1, 0.15) is 66.7 Å². The number of carbonyl (C=O) groups excluding carboxylic acids is 5. The second kappa shape index (κ2) is 16.5. The zero-order valence-corrected chi connectivity index (χ0v) is 25.1. The fraction of sp³-hybridized carbons (Fsp3) is 0.469. The number of hydrogen-bond donors (Lipinski definition) is 0. The van der Waals surface area contributed by atoms with Crippen molar-refractivity contribution in [3.63, 3.8) is 0 Å². The van der Waals surface area contributed by atoms with Gasteiger partial charge in [-0.05, 0) is 74.2 Å². The molecule has 0 radical (unpaired) electrons. The van der Waals surface area contributed by atoms with Crippen LogP contribution in [-0.4, -0.2) is 80.9 Å². The van der Waals surface area contributed by atoms with Crippen molar-refractivity contribution in [3.8, 4) is 11.5 Å². The zero-order chi connectivity index (χ0) is 32.2. The summed E-state index contributed by atoms with van der Waals surface area (Å²) in [5, 5.41) is 0. The Hall–Kier alpha value is -4.49. The molecule has 2 aromatic carbocycles. The van der Waals surface area contributed by atoms with Crippen LogP contribution >= 0.6 is 0 Å². The zero-order valence-electron chi connectivity index (χ0n) is 25.1. The quantitative estimate of drug-likeness (QED) is 0.0964. The Morgan fingerprint density at radius 2 is 1.18 bits per heavy atom. The first-order valence-electron chi connectivity index (χ1n) is 14.8. The highest BCUT2D eigenvalue weighted by Crippen LogP contribution is 2.31. The predicted molar refractivity (Wildman–Crippen MR) is 154 cm³/mol. The van der Waals surface area contributed by atoms with Crippen LogP contribution in [0.2, 0.25) is 0 Å². The lowest BCUT2D eigenvalue weighted by molar-refractivity contribution is -0.151. The molecule has 2 saturated heterocycles. The SMILES string of the molecule is CCC(=O)OCCCCCCOC(=O)Oc1ccc(C(=O)Oc2ccc(C(=O)O[C@H]3COC4C3OC[C@@H]4OC(C)=O)cc2)cc1. The average Bonchev–Trinajstić information content (AvgIpc) is 3.61. The average molecular weight is 629 g/mol. The smallest absolute Gasteiger partial charge is 0.466 e. The number of rotatable bonds is 14. The summed E-state index contributed by atoms with van der Waals surface area (Å²) in [7, 11) is 0. The highest BCUT2D eigenvalue weighted by atomic mass is 16.7. The fourth-order valence-electron chi connectivity index (χ4n) is 4.66. The molecule has 2 unspecified atom stereocenters. The number of hydrogen-bond acceptors (Lipinski definition) is 13. The van der Waals surface area contributed by atoms with Crippen LogP contribution in [0.15, 0.2) is 48.5 Å². The molecule has 0 aromatic heterocycles. The Balaban J connectivity index is 1.15. The molecule has 2 aliphatic rings. The molecule has 45 heavy (non-hydrogen) atoms. The topological polar surface area (TPSA) is 159 Å². The fourth-order valence-corrected chi connectivity index (χ4v) is 4.66. The molecule has 2 heterocycles. The van der Waals surface area contributed by atoms with Crippen molar-refractivity contribution in [2.24, 2.45) is 0 Å². The van der Waals surface area contributed by atoms with Gasteiger partial charge in [0.1, 0.15) is 23.7 Å². The van der Waals surface area contributed by atoms with E-state index in [1.54, 1.807) is 6.92 Å². The van der Waals surface area contributed by atoms with Crippen LogP contribution in [0.3, 0.4) is 0 Å². The van der Waals surface area contributed by atoms with Gasteiger partial charge in [-0.1, -0.05) is 6.92 Å². The number of esters is 4. The molecular formula is C32H36O13. The molecule has 0 spiro atoms. The summed E-state index contributed by atoms with van der Waals surface area (Å²) in [6.45, 7) is 3.90. The van der Waals surface area contributed by atoms with E-state index in [0.717, 1.165) is 19.3 Å². The number of unbranched alkanes of at least 4 members (excludes halogenated alkanes) is 3. The van der Waals surface area contributed by atoms with Crippen LogP contribution in [0.4, 0.5) is 4.79 Å². The maximum atomic E-state index is 12.7. The van der Waals surface area contributed by atoms with Crippen molar-refractivity contribution in [1.29, 1.82) is 0 Å². The molecule has 0 bridgehead atoms. The Morgan fingerprint density at radius 1 is 0.667 bits per heavy atom. The van der Waals surface area contributed by atoms with Gasteiger partial charge in [0.25, 0.3) is 0 Å². The van der Waals surface area contributed by atoms with Crippen molar-refractivity contribution in [2.75, 3.05) is 26.4 Å². The molecule has 2 aromatic rings. The summed E-state index contributed by atoms with van der Waals surface area (Å²) in [5.41, 5.74) is 0.444. The lowest BCUT2D eigenvalue weighted by Crippen LogP contribution is -2.35. The van der Waals surface area contributed by atoms with Gasteiger partial charge in [-0.15, -0.1) is 0 Å². The molecule has 4 atom stereocenters. The van der Waals surface area contributed by atoms with Crippen LogP contribution < -0.4 is 9.47 Å². The minimum Gasteiger partial charge on any atom is -0.466 e. The number of fused-ring (bicyclic) bond motifs is 1. The standard InChI is InChI=1S/C32H36O13/c1-3-27(34)38-16-6-4-5-7-17-39-32(37)44-24-14-10-21(11-15-24)30(35)43-23-12-8-22(9-13-23)31(36)45-26-19-41-28-25(42-20(2)33)18-40-29(26)28/h8-15,25-26,28-29H,3-7,16-19H2,1-2H3/t25-,26-,28?,29?/m0/s1. The van der Waals surface area contributed by atoms with E-state index in [9.17, 15) is 24.0 Å². The first-order valence-corrected chi connectivity index (χ1v) is 14.8. The Morgan fingerprint density at radius 3 is 1.73 bits per heavy atom. The molecule has 242 valence electrons. The summed E-state index contributed by atoms with van der Waals surface area (Å²) in [4.78, 5) is 59.5. The monoisotopic (exact) mass is 628 g/mol. The van der Waals surface area contributed by atoms with Crippen molar-refractivity contribution in [3.05, 3.63) is 59.7 Å². The van der Waals surface area contributed by atoms with E-state index in [1.165, 1.54) is 55.5 Å². The highest BCUT2D eigenvalue weighted by molar-refractivity contribution is 5.92. The van der Waals surface area contributed by atoms with Gasteiger partial charge in [0.15, 0.2) is 12.2 Å². The first kappa shape index (κ1) is 33.4. The van der Waals surface area contributed by atoms with E-state index >= 15 is 0 Å². The maximum absolute atomic E-state index is 12.7. The number of benzene rings is 2. The van der Waals surface area contributed by atoms with Gasteiger partial charge in [-0.3, -0.25) is 9.59 Å². The first-order chi connectivity index (χ1) is 21.7. The van der Waals surface area contributed by atoms with Gasteiger partial charge in [0, 0.05) is 13.3 Å². The molecule has 13 heteroatoms. The molecule has 13 nitrogen and oxygen atoms in total. The van der Waals surface area contributed by atoms with E-state index in [-0.39, 0.29) is 48.4 Å². The normalized spacial score (nSPS) is 20.0. The van der Waals surface area contributed by atoms with Crippen molar-refractivity contribution in [2.45, 2.75) is 70.4 Å². The van der Waals surface area contributed by atoms with Gasteiger partial charge in [-0.25, -0.2) is 14.4 Å². The Labute approximate surface area is 259 Å². The third-order valence-corrected chi connectivity index (χ3v) is 6.94. The van der Waals surface area contributed by atoms with Crippen LogP contribution in [0.25, 0.3) is 0 Å². The van der Waals surface area contributed by atoms with Crippen LogP contribution in [0, 0.1) is 0 Å². The lowest BCUT2D eigenvalue weighted by atomic mass is 10.1. The van der Waals surface area contributed by atoms with Gasteiger partial charge >= 0.3 is 30.0 Å². The summed E-state index contributed by atoms with van der Waals surface area (Å²) in [5.74, 6) is -1.52. The Kier molecular flexibility index (Phi) is 12.3. The second-order valence-electron chi connectivity index (χ2n) is 10.3. The second-order valence-corrected chi connectivity index (χ2v) is 10.3. The van der Waals surface area contributed by atoms with Gasteiger partial charge in [0.2, 0.25) is 0 Å². The summed E-state index contributed by atoms with van der Waals surface area (Å²) >= 11 is 0. The highest BCUT2D eigenvalue weighted by Gasteiger charge is 2.51. The minimum atomic E-state index is -0.858. The van der Waals surface area contributed by atoms with Crippen LogP contribution in [-0.2, 0) is 38.0 Å². The molecule has 0 N–H and O–H groups in total. The third kappa shape index (κ3) is 10.0. The van der Waals surface area contributed by atoms with Crippen molar-refractivity contribution in [1.82, 2.24) is 0 Å². The number of ether oxygens (including phenoxy) is 8. The predicted octanol–water partition coefficient (Wildman–Crippen LogP) is 4.19. The largest absolute Gasteiger partial charge is 0.513 e. The molecule has 4 rings (SSSR count). The number of carbonyl (C=O) groups is 5. The van der Waals surface area contributed by atoms with E-state index in [1.807, 2.05) is 0 Å². The molecule has 0 saturated carbocycles. The Bertz CT molecular complexity index is 1320. The van der Waals surface area contributed by atoms with E-state index in [4.69, 9.17) is 37.9 Å². The van der Waals surface area contributed by atoms with E-state index < -0.39 is 48.5 Å². The third-order valence-electron chi connectivity index (χ3n) is 6.94. The van der Waals surface area contributed by atoms with Crippen molar-refractivity contribution >= 4 is 30.0 Å². The minimum absolute atomic E-state index is 0.112. The van der Waals surface area contributed by atoms with Gasteiger partial charge in [0.05, 0.1) is 37.6 Å². The molecule has 2 aliphatic heterocycles. The van der Waals surface area contributed by atoms with Gasteiger partial charge < -0.3 is 37.9 Å². The molecule has 2 fully saturated rings. The maximum Gasteiger partial charge on any atom is 0.513 e. The molecule has 0 aliphatic carbocycles.